The van der Waals surface area contributed by atoms with Crippen molar-refractivity contribution in [1.82, 2.24) is 5.43 Å². The normalized spacial score (nSPS) is 10.6. The second-order valence-corrected chi connectivity index (χ2v) is 5.37. The van der Waals surface area contributed by atoms with Gasteiger partial charge in [-0.1, -0.05) is 23.7 Å². The van der Waals surface area contributed by atoms with E-state index in [0.29, 0.717) is 23.1 Å². The van der Waals surface area contributed by atoms with Crippen LogP contribution in [0.5, 0.6) is 11.5 Å². The average molecular weight is 347 g/mol. The number of aryl methyl sites for hydroxylation is 1. The van der Waals surface area contributed by atoms with E-state index < -0.39 is 0 Å². The Morgan fingerprint density at radius 1 is 1.25 bits per heavy atom. The number of nitrogens with zero attached hydrogens (tertiary/aromatic N) is 1. The summed E-state index contributed by atoms with van der Waals surface area (Å²) in [5, 5.41) is 4.58. The maximum absolute atomic E-state index is 11.8. The second kappa shape index (κ2) is 8.93. The average Bonchev–Trinajstić information content (AvgIpc) is 2.58. The van der Waals surface area contributed by atoms with Gasteiger partial charge in [-0.25, -0.2) is 5.43 Å². The van der Waals surface area contributed by atoms with Gasteiger partial charge >= 0.3 is 0 Å². The molecule has 0 aliphatic heterocycles. The zero-order chi connectivity index (χ0) is 17.4. The van der Waals surface area contributed by atoms with Gasteiger partial charge in [-0.05, 0) is 49.7 Å². The van der Waals surface area contributed by atoms with Crippen molar-refractivity contribution < 1.29 is 14.3 Å². The molecule has 0 spiro atoms. The molecule has 0 saturated carbocycles. The fourth-order valence-corrected chi connectivity index (χ4v) is 2.05. The first-order chi connectivity index (χ1) is 11.6. The molecule has 0 atom stereocenters. The minimum absolute atomic E-state index is 0.133. The highest BCUT2D eigenvalue weighted by molar-refractivity contribution is 6.31. The first-order valence-electron chi connectivity index (χ1n) is 7.53. The fourth-order valence-electron chi connectivity index (χ4n) is 1.94. The van der Waals surface area contributed by atoms with Gasteiger partial charge in [-0.3, -0.25) is 4.79 Å². The number of hydrogen-bond donors (Lipinski definition) is 1. The number of rotatable bonds is 7. The molecule has 0 aliphatic carbocycles. The van der Waals surface area contributed by atoms with Gasteiger partial charge < -0.3 is 9.47 Å². The number of benzene rings is 2. The quantitative estimate of drug-likeness (QED) is 0.615. The Hall–Kier alpha value is -2.53. The smallest absolute Gasteiger partial charge is 0.277 e. The van der Waals surface area contributed by atoms with E-state index in [0.717, 1.165) is 11.1 Å². The predicted octanol–water partition coefficient (Wildman–Crippen LogP) is 3.58. The van der Waals surface area contributed by atoms with Gasteiger partial charge in [-0.15, -0.1) is 0 Å². The van der Waals surface area contributed by atoms with E-state index in [-0.39, 0.29) is 12.5 Å². The second-order valence-electron chi connectivity index (χ2n) is 4.96. The maximum atomic E-state index is 11.8. The number of carbonyl (C=O) groups excluding carboxylic acids is 1. The van der Waals surface area contributed by atoms with E-state index in [1.165, 1.54) is 6.21 Å². The van der Waals surface area contributed by atoms with E-state index in [9.17, 15) is 4.79 Å². The van der Waals surface area contributed by atoms with Gasteiger partial charge in [0.25, 0.3) is 5.91 Å². The largest absolute Gasteiger partial charge is 0.493 e. The highest BCUT2D eigenvalue weighted by Crippen LogP contribution is 2.20. The summed E-state index contributed by atoms with van der Waals surface area (Å²) in [5.74, 6) is 0.941. The molecule has 0 aromatic heterocycles. The van der Waals surface area contributed by atoms with Crippen molar-refractivity contribution in [3.05, 3.63) is 58.6 Å². The minimum Gasteiger partial charge on any atom is -0.493 e. The van der Waals surface area contributed by atoms with Crippen molar-refractivity contribution in [2.24, 2.45) is 5.10 Å². The maximum Gasteiger partial charge on any atom is 0.277 e. The van der Waals surface area contributed by atoms with E-state index in [1.54, 1.807) is 18.2 Å². The lowest BCUT2D eigenvalue weighted by Gasteiger charge is -2.07. The van der Waals surface area contributed by atoms with Crippen molar-refractivity contribution in [2.45, 2.75) is 13.8 Å². The Morgan fingerprint density at radius 3 is 2.79 bits per heavy atom. The van der Waals surface area contributed by atoms with Crippen molar-refractivity contribution in [2.75, 3.05) is 13.2 Å². The molecule has 2 aromatic carbocycles. The van der Waals surface area contributed by atoms with Crippen LogP contribution >= 0.6 is 11.6 Å². The highest BCUT2D eigenvalue weighted by Gasteiger charge is 2.04. The Morgan fingerprint density at radius 2 is 2.04 bits per heavy atom. The summed E-state index contributed by atoms with van der Waals surface area (Å²) in [6.45, 7) is 4.21. The molecular formula is C18H19ClN2O3. The van der Waals surface area contributed by atoms with Gasteiger partial charge in [0, 0.05) is 10.6 Å². The number of para-hydroxylation sites is 1. The molecule has 126 valence electrons. The lowest BCUT2D eigenvalue weighted by Crippen LogP contribution is -2.24. The third-order valence-corrected chi connectivity index (χ3v) is 3.54. The fraction of sp³-hybridized carbons (Fsp3) is 0.222. The molecule has 0 saturated heterocycles. The van der Waals surface area contributed by atoms with Gasteiger partial charge in [0.1, 0.15) is 11.5 Å². The zero-order valence-electron chi connectivity index (χ0n) is 13.6. The van der Waals surface area contributed by atoms with Crippen LogP contribution in [-0.2, 0) is 4.79 Å². The Labute approximate surface area is 146 Å². The SMILES string of the molecule is CCOc1ccccc1/C=N\NC(=O)COc1ccc(Cl)c(C)c1. The molecule has 2 aromatic rings. The minimum atomic E-state index is -0.354. The third kappa shape index (κ3) is 5.28. The number of halogens is 1. The monoisotopic (exact) mass is 346 g/mol. The lowest BCUT2D eigenvalue weighted by atomic mass is 10.2. The first kappa shape index (κ1) is 17.8. The van der Waals surface area contributed by atoms with Crippen molar-refractivity contribution in [3.63, 3.8) is 0 Å². The van der Waals surface area contributed by atoms with Crippen LogP contribution in [0, 0.1) is 6.92 Å². The van der Waals surface area contributed by atoms with Gasteiger partial charge in [-0.2, -0.15) is 5.10 Å². The zero-order valence-corrected chi connectivity index (χ0v) is 14.3. The molecule has 0 bridgehead atoms. The number of hydrogen-bond acceptors (Lipinski definition) is 4. The van der Waals surface area contributed by atoms with Gasteiger partial charge in [0.05, 0.1) is 12.8 Å². The summed E-state index contributed by atoms with van der Waals surface area (Å²) in [7, 11) is 0. The first-order valence-corrected chi connectivity index (χ1v) is 7.90. The van der Waals surface area contributed by atoms with Crippen molar-refractivity contribution >= 4 is 23.7 Å². The summed E-state index contributed by atoms with van der Waals surface area (Å²) in [6, 6.07) is 12.7. The van der Waals surface area contributed by atoms with Crippen molar-refractivity contribution in [1.29, 1.82) is 0 Å². The van der Waals surface area contributed by atoms with Gasteiger partial charge in [0.2, 0.25) is 0 Å². The Kier molecular flexibility index (Phi) is 6.63. The summed E-state index contributed by atoms with van der Waals surface area (Å²) in [5.41, 5.74) is 4.10. The summed E-state index contributed by atoms with van der Waals surface area (Å²) >= 11 is 5.94. The molecule has 0 radical (unpaired) electrons. The van der Waals surface area contributed by atoms with Crippen LogP contribution in [0.1, 0.15) is 18.1 Å². The number of carbonyl (C=O) groups is 1. The molecule has 1 N–H and O–H groups in total. The summed E-state index contributed by atoms with van der Waals surface area (Å²) < 4.78 is 10.9. The Balaban J connectivity index is 1.85. The molecule has 6 heteroatoms. The lowest BCUT2D eigenvalue weighted by molar-refractivity contribution is -0.123. The standard InChI is InChI=1S/C18H19ClN2O3/c1-3-23-17-7-5-4-6-14(17)11-20-21-18(22)12-24-15-8-9-16(19)13(2)10-15/h4-11H,3,12H2,1-2H3,(H,21,22)/b20-11-. The molecule has 2 rings (SSSR count). The number of amides is 1. The number of nitrogens with one attached hydrogen (secondary N) is 1. The molecule has 0 unspecified atom stereocenters. The van der Waals surface area contributed by atoms with Crippen LogP contribution < -0.4 is 14.9 Å². The van der Waals surface area contributed by atoms with Crippen LogP contribution in [-0.4, -0.2) is 25.3 Å². The molecule has 24 heavy (non-hydrogen) atoms. The van der Waals surface area contributed by atoms with E-state index in [2.05, 4.69) is 10.5 Å². The third-order valence-electron chi connectivity index (χ3n) is 3.11. The molecule has 0 fully saturated rings. The Bertz CT molecular complexity index is 732. The molecular weight excluding hydrogens is 328 g/mol. The topological polar surface area (TPSA) is 59.9 Å². The van der Waals surface area contributed by atoms with Crippen LogP contribution in [0.3, 0.4) is 0 Å². The van der Waals surface area contributed by atoms with Crippen LogP contribution in [0.15, 0.2) is 47.6 Å². The van der Waals surface area contributed by atoms with E-state index >= 15 is 0 Å². The van der Waals surface area contributed by atoms with Crippen LogP contribution in [0.25, 0.3) is 0 Å². The highest BCUT2D eigenvalue weighted by atomic mass is 35.5. The number of ether oxygens (including phenoxy) is 2. The summed E-state index contributed by atoms with van der Waals surface area (Å²) in [4.78, 5) is 11.8. The van der Waals surface area contributed by atoms with Crippen LogP contribution in [0.2, 0.25) is 5.02 Å². The molecule has 0 aliphatic rings. The molecule has 5 nitrogen and oxygen atoms in total. The molecule has 0 heterocycles. The predicted molar refractivity (Wildman–Crippen MR) is 95.0 cm³/mol. The van der Waals surface area contributed by atoms with E-state index in [1.807, 2.05) is 38.1 Å². The number of hydrazone groups is 1. The van der Waals surface area contributed by atoms with E-state index in [4.69, 9.17) is 21.1 Å². The van der Waals surface area contributed by atoms with Crippen molar-refractivity contribution in [3.8, 4) is 11.5 Å². The summed E-state index contributed by atoms with van der Waals surface area (Å²) in [6.07, 6.45) is 1.54. The van der Waals surface area contributed by atoms with Crippen LogP contribution in [0.4, 0.5) is 0 Å². The van der Waals surface area contributed by atoms with Gasteiger partial charge in [0.15, 0.2) is 6.61 Å². The molecule has 1 amide bonds.